The van der Waals surface area contributed by atoms with Gasteiger partial charge in [-0.15, -0.1) is 0 Å². The van der Waals surface area contributed by atoms with Crippen molar-refractivity contribution in [2.45, 2.75) is 60.3 Å². The zero-order valence-corrected chi connectivity index (χ0v) is 11.9. The Bertz CT molecular complexity index is 232. The fraction of sp³-hybridized carbons (Fsp3) is 1.00. The summed E-state index contributed by atoms with van der Waals surface area (Å²) in [6.45, 7) is 12.2. The van der Waals surface area contributed by atoms with E-state index in [-0.39, 0.29) is 0 Å². The second-order valence-electron chi connectivity index (χ2n) is 6.97. The van der Waals surface area contributed by atoms with Crippen molar-refractivity contribution in [3.8, 4) is 0 Å². The van der Waals surface area contributed by atoms with Crippen LogP contribution in [0.25, 0.3) is 0 Å². The molecule has 0 aromatic carbocycles. The molecule has 0 nitrogen and oxygen atoms in total. The first-order valence-corrected chi connectivity index (χ1v) is 7.54. The summed E-state index contributed by atoms with van der Waals surface area (Å²) in [5.41, 5.74) is 0. The molecule has 0 heteroatoms. The Kier molecular flexibility index (Phi) is 3.66. The first kappa shape index (κ1) is 12.5. The lowest BCUT2D eigenvalue weighted by Gasteiger charge is -2.25. The van der Waals surface area contributed by atoms with Crippen molar-refractivity contribution in [2.75, 3.05) is 0 Å². The Hall–Kier alpha value is 0. The van der Waals surface area contributed by atoms with Gasteiger partial charge >= 0.3 is 0 Å². The Morgan fingerprint density at radius 3 is 2.19 bits per heavy atom. The van der Waals surface area contributed by atoms with Crippen molar-refractivity contribution < 1.29 is 0 Å². The monoisotopic (exact) mass is 222 g/mol. The lowest BCUT2D eigenvalue weighted by Crippen LogP contribution is -2.18. The van der Waals surface area contributed by atoms with Gasteiger partial charge in [0.05, 0.1) is 0 Å². The van der Waals surface area contributed by atoms with Crippen LogP contribution < -0.4 is 0 Å². The minimum atomic E-state index is 0.913. The number of rotatable bonds is 6. The molecule has 0 heterocycles. The molecule has 0 saturated heterocycles. The first-order chi connectivity index (χ1) is 7.54. The van der Waals surface area contributed by atoms with E-state index >= 15 is 0 Å². The lowest BCUT2D eigenvalue weighted by molar-refractivity contribution is 0.238. The molecule has 0 bridgehead atoms. The van der Waals surface area contributed by atoms with Crippen LogP contribution in [-0.4, -0.2) is 0 Å². The molecule has 2 rings (SSSR count). The van der Waals surface area contributed by atoms with Crippen LogP contribution in [0.5, 0.6) is 0 Å². The van der Waals surface area contributed by atoms with Gasteiger partial charge in [0.25, 0.3) is 0 Å². The van der Waals surface area contributed by atoms with E-state index in [1.54, 1.807) is 12.8 Å². The molecule has 2 saturated carbocycles. The van der Waals surface area contributed by atoms with Gasteiger partial charge in [0, 0.05) is 0 Å². The Morgan fingerprint density at radius 2 is 1.69 bits per heavy atom. The third kappa shape index (κ3) is 2.63. The molecule has 16 heavy (non-hydrogen) atoms. The van der Waals surface area contributed by atoms with Crippen molar-refractivity contribution in [3.63, 3.8) is 0 Å². The highest BCUT2D eigenvalue weighted by Gasteiger charge is 2.47. The van der Waals surface area contributed by atoms with E-state index in [4.69, 9.17) is 0 Å². The van der Waals surface area contributed by atoms with Crippen molar-refractivity contribution in [1.29, 1.82) is 0 Å². The molecule has 2 aliphatic carbocycles. The maximum atomic E-state index is 2.51. The summed E-state index contributed by atoms with van der Waals surface area (Å²) in [5, 5.41) is 0. The molecular formula is C16H30. The molecule has 0 aliphatic heterocycles. The van der Waals surface area contributed by atoms with E-state index in [0.717, 1.165) is 41.4 Å². The van der Waals surface area contributed by atoms with Crippen molar-refractivity contribution in [3.05, 3.63) is 0 Å². The fourth-order valence-corrected chi connectivity index (χ4v) is 3.58. The molecule has 94 valence electrons. The van der Waals surface area contributed by atoms with Crippen molar-refractivity contribution >= 4 is 0 Å². The Morgan fingerprint density at radius 1 is 1.06 bits per heavy atom. The molecule has 7 unspecified atom stereocenters. The van der Waals surface area contributed by atoms with Gasteiger partial charge < -0.3 is 0 Å². The van der Waals surface area contributed by atoms with Crippen LogP contribution >= 0.6 is 0 Å². The quantitative estimate of drug-likeness (QED) is 0.594. The topological polar surface area (TPSA) is 0 Å². The van der Waals surface area contributed by atoms with Crippen LogP contribution in [0.15, 0.2) is 0 Å². The van der Waals surface area contributed by atoms with E-state index in [1.165, 1.54) is 12.8 Å². The van der Waals surface area contributed by atoms with Gasteiger partial charge in [-0.25, -0.2) is 0 Å². The Balaban J connectivity index is 1.73. The lowest BCUT2D eigenvalue weighted by atomic mass is 9.80. The normalized spacial score (nSPS) is 42.6. The standard InChI is InChI=1S/C16H30/c1-6-10(2)12(4)13(5)16-9-15(16)8-14-7-11(14)3/h10-16H,6-9H2,1-5H3. The van der Waals surface area contributed by atoms with Crippen LogP contribution in [0.3, 0.4) is 0 Å². The molecule has 0 spiro atoms. The molecule has 0 radical (unpaired) electrons. The SMILES string of the molecule is CCC(C)C(C)C(C)C1CC1CC1CC1C. The number of hydrogen-bond acceptors (Lipinski definition) is 0. The third-order valence-electron chi connectivity index (χ3n) is 5.91. The van der Waals surface area contributed by atoms with Crippen LogP contribution in [0, 0.1) is 41.4 Å². The van der Waals surface area contributed by atoms with E-state index in [2.05, 4.69) is 34.6 Å². The summed E-state index contributed by atoms with van der Waals surface area (Å²) in [7, 11) is 0. The van der Waals surface area contributed by atoms with E-state index in [9.17, 15) is 0 Å². The average molecular weight is 222 g/mol. The summed E-state index contributed by atoms with van der Waals surface area (Å²) in [6, 6.07) is 0. The van der Waals surface area contributed by atoms with Gasteiger partial charge in [0.2, 0.25) is 0 Å². The zero-order chi connectivity index (χ0) is 11.9. The molecule has 0 aromatic rings. The van der Waals surface area contributed by atoms with Crippen molar-refractivity contribution in [2.24, 2.45) is 41.4 Å². The molecule has 0 amide bonds. The van der Waals surface area contributed by atoms with Crippen LogP contribution in [0.2, 0.25) is 0 Å². The summed E-state index contributed by atoms with van der Waals surface area (Å²) < 4.78 is 0. The first-order valence-electron chi connectivity index (χ1n) is 7.54. The van der Waals surface area contributed by atoms with Crippen molar-refractivity contribution in [1.82, 2.24) is 0 Å². The second-order valence-corrected chi connectivity index (χ2v) is 6.97. The van der Waals surface area contributed by atoms with E-state index < -0.39 is 0 Å². The highest BCUT2D eigenvalue weighted by Crippen LogP contribution is 2.55. The second kappa shape index (κ2) is 4.70. The fourth-order valence-electron chi connectivity index (χ4n) is 3.58. The number of hydrogen-bond donors (Lipinski definition) is 0. The molecular weight excluding hydrogens is 192 g/mol. The maximum Gasteiger partial charge on any atom is -0.0354 e. The minimum Gasteiger partial charge on any atom is -0.0651 e. The molecule has 7 atom stereocenters. The maximum absolute atomic E-state index is 2.51. The molecule has 2 fully saturated rings. The Labute approximate surface area is 102 Å². The zero-order valence-electron chi connectivity index (χ0n) is 11.9. The summed E-state index contributed by atoms with van der Waals surface area (Å²) in [6.07, 6.45) is 5.98. The van der Waals surface area contributed by atoms with Gasteiger partial charge in [0.1, 0.15) is 0 Å². The van der Waals surface area contributed by atoms with Gasteiger partial charge in [-0.05, 0) is 60.7 Å². The van der Waals surface area contributed by atoms with Crippen LogP contribution in [-0.2, 0) is 0 Å². The summed E-state index contributed by atoms with van der Waals surface area (Å²) >= 11 is 0. The van der Waals surface area contributed by atoms with Crippen LogP contribution in [0.1, 0.15) is 60.3 Å². The molecule has 0 N–H and O–H groups in total. The van der Waals surface area contributed by atoms with Gasteiger partial charge in [-0.3, -0.25) is 0 Å². The predicted octanol–water partition coefficient (Wildman–Crippen LogP) is 4.99. The minimum absolute atomic E-state index is 0.913. The average Bonchev–Trinajstić information content (AvgIpc) is 3.16. The van der Waals surface area contributed by atoms with E-state index in [1.807, 2.05) is 0 Å². The predicted molar refractivity (Wildman–Crippen MR) is 71.3 cm³/mol. The summed E-state index contributed by atoms with van der Waals surface area (Å²) in [5.74, 6) is 7.17. The largest absolute Gasteiger partial charge is 0.0651 e. The van der Waals surface area contributed by atoms with E-state index in [0.29, 0.717) is 0 Å². The highest BCUT2D eigenvalue weighted by molar-refractivity contribution is 4.96. The van der Waals surface area contributed by atoms with Gasteiger partial charge in [-0.2, -0.15) is 0 Å². The molecule has 0 aromatic heterocycles. The van der Waals surface area contributed by atoms with Gasteiger partial charge in [0.15, 0.2) is 0 Å². The van der Waals surface area contributed by atoms with Gasteiger partial charge in [-0.1, -0.05) is 41.0 Å². The highest BCUT2D eigenvalue weighted by atomic mass is 14.5. The third-order valence-corrected chi connectivity index (χ3v) is 5.91. The smallest absolute Gasteiger partial charge is 0.0354 e. The summed E-state index contributed by atoms with van der Waals surface area (Å²) in [4.78, 5) is 0. The van der Waals surface area contributed by atoms with Crippen LogP contribution in [0.4, 0.5) is 0 Å². The molecule has 2 aliphatic rings.